The Labute approximate surface area is 213 Å². The summed E-state index contributed by atoms with van der Waals surface area (Å²) in [6.45, 7) is 5.35. The van der Waals surface area contributed by atoms with Crippen LogP contribution in [0.4, 0.5) is 0 Å². The van der Waals surface area contributed by atoms with Crippen molar-refractivity contribution in [1.29, 1.82) is 0 Å². The number of ether oxygens (including phenoxy) is 2. The highest BCUT2D eigenvalue weighted by molar-refractivity contribution is 7.98. The fraction of sp³-hybridized carbons (Fsp3) is 0.519. The minimum atomic E-state index is -0.731. The highest BCUT2D eigenvalue weighted by Crippen LogP contribution is 2.14. The molecule has 0 radical (unpaired) electrons. The van der Waals surface area contributed by atoms with Crippen LogP contribution in [0.3, 0.4) is 0 Å². The number of hydrogen-bond donors (Lipinski definition) is 2. The molecule has 1 aromatic carbocycles. The molecule has 192 valence electrons. The lowest BCUT2D eigenvalue weighted by atomic mass is 9.99. The Kier molecular flexibility index (Phi) is 13.4. The van der Waals surface area contributed by atoms with Crippen LogP contribution in [0.2, 0.25) is 0 Å². The maximum atomic E-state index is 13.3. The number of thioether (sulfide) groups is 1. The summed E-state index contributed by atoms with van der Waals surface area (Å²) in [5.41, 5.74) is 2.09. The number of nitrogens with zero attached hydrogens (tertiary/aromatic N) is 1. The summed E-state index contributed by atoms with van der Waals surface area (Å²) in [5.74, 6) is 0.331. The number of rotatable bonds is 16. The molecule has 0 aliphatic rings. The molecule has 2 rings (SSSR count). The molecular weight excluding hydrogens is 462 g/mol. The predicted molar refractivity (Wildman–Crippen MR) is 141 cm³/mol. The third kappa shape index (κ3) is 10.4. The largest absolute Gasteiger partial charge is 0.467 e. The molecule has 0 saturated heterocycles. The summed E-state index contributed by atoms with van der Waals surface area (Å²) in [5, 5.41) is 6.43. The smallest absolute Gasteiger partial charge is 0.328 e. The SMILES string of the molecule is CCC(C)C(COC(Cc1ccccc1)C(=O)NC(CCSC)C(=O)OC)NCc1cccnc1. The Morgan fingerprint density at radius 1 is 1.11 bits per heavy atom. The molecule has 0 spiro atoms. The minimum Gasteiger partial charge on any atom is -0.467 e. The molecular formula is C27H39N3O4S. The van der Waals surface area contributed by atoms with E-state index < -0.39 is 18.1 Å². The number of amides is 1. The van der Waals surface area contributed by atoms with Crippen molar-refractivity contribution in [2.75, 3.05) is 25.7 Å². The van der Waals surface area contributed by atoms with Crippen molar-refractivity contribution in [1.82, 2.24) is 15.6 Å². The van der Waals surface area contributed by atoms with Gasteiger partial charge in [-0.1, -0.05) is 56.7 Å². The highest BCUT2D eigenvalue weighted by Gasteiger charge is 2.28. The van der Waals surface area contributed by atoms with Gasteiger partial charge in [-0.2, -0.15) is 11.8 Å². The molecule has 4 unspecified atom stereocenters. The molecule has 0 fully saturated rings. The van der Waals surface area contributed by atoms with Gasteiger partial charge in [0.1, 0.15) is 12.1 Å². The average molecular weight is 502 g/mol. The van der Waals surface area contributed by atoms with E-state index in [2.05, 4.69) is 29.5 Å². The van der Waals surface area contributed by atoms with E-state index in [0.717, 1.165) is 23.3 Å². The molecule has 1 heterocycles. The molecule has 1 aromatic heterocycles. The summed E-state index contributed by atoms with van der Waals surface area (Å²) in [6, 6.07) is 13.1. The Hall–Kier alpha value is -2.42. The van der Waals surface area contributed by atoms with Gasteiger partial charge in [0, 0.05) is 31.4 Å². The van der Waals surface area contributed by atoms with Gasteiger partial charge in [0.15, 0.2) is 0 Å². The van der Waals surface area contributed by atoms with E-state index in [9.17, 15) is 9.59 Å². The fourth-order valence-electron chi connectivity index (χ4n) is 3.63. The number of aromatic nitrogens is 1. The third-order valence-corrected chi connectivity index (χ3v) is 6.71. The second-order valence-corrected chi connectivity index (χ2v) is 9.60. The second kappa shape index (κ2) is 16.3. The second-order valence-electron chi connectivity index (χ2n) is 8.61. The molecule has 35 heavy (non-hydrogen) atoms. The van der Waals surface area contributed by atoms with Crippen molar-refractivity contribution in [3.8, 4) is 0 Å². The van der Waals surface area contributed by atoms with Crippen LogP contribution in [-0.2, 0) is 32.0 Å². The van der Waals surface area contributed by atoms with Crippen molar-refractivity contribution >= 4 is 23.6 Å². The van der Waals surface area contributed by atoms with Gasteiger partial charge in [-0.3, -0.25) is 9.78 Å². The van der Waals surface area contributed by atoms with Crippen LogP contribution in [0.5, 0.6) is 0 Å². The first kappa shape index (κ1) is 28.8. The number of hydrogen-bond acceptors (Lipinski definition) is 7. The van der Waals surface area contributed by atoms with E-state index >= 15 is 0 Å². The summed E-state index contributed by atoms with van der Waals surface area (Å²) in [7, 11) is 1.34. The molecule has 0 aliphatic heterocycles. The zero-order valence-electron chi connectivity index (χ0n) is 21.2. The summed E-state index contributed by atoms with van der Waals surface area (Å²) in [6.07, 6.45) is 6.72. The van der Waals surface area contributed by atoms with Gasteiger partial charge >= 0.3 is 5.97 Å². The maximum Gasteiger partial charge on any atom is 0.328 e. The van der Waals surface area contributed by atoms with Crippen LogP contribution in [0.25, 0.3) is 0 Å². The van der Waals surface area contributed by atoms with E-state index in [-0.39, 0.29) is 11.9 Å². The highest BCUT2D eigenvalue weighted by atomic mass is 32.2. The standard InChI is InChI=1S/C27H39N3O4S/c1-5-20(2)24(29-18-22-12-9-14-28-17-22)19-34-25(16-21-10-7-6-8-11-21)26(31)30-23(13-15-35-4)27(32)33-3/h6-12,14,17,20,23-25,29H,5,13,15-16,18-19H2,1-4H3,(H,30,31). The number of nitrogens with one attached hydrogen (secondary N) is 2. The van der Waals surface area contributed by atoms with E-state index in [0.29, 0.717) is 31.9 Å². The van der Waals surface area contributed by atoms with Crippen LogP contribution in [0.15, 0.2) is 54.9 Å². The van der Waals surface area contributed by atoms with Gasteiger partial charge < -0.3 is 20.1 Å². The van der Waals surface area contributed by atoms with Crippen molar-refractivity contribution < 1.29 is 19.1 Å². The molecule has 0 saturated carbocycles. The van der Waals surface area contributed by atoms with Crippen LogP contribution in [0, 0.1) is 5.92 Å². The number of carbonyl (C=O) groups is 2. The van der Waals surface area contributed by atoms with Crippen LogP contribution in [0.1, 0.15) is 37.8 Å². The van der Waals surface area contributed by atoms with Crippen LogP contribution in [-0.4, -0.2) is 60.8 Å². The molecule has 4 atom stereocenters. The van der Waals surface area contributed by atoms with E-state index in [4.69, 9.17) is 9.47 Å². The lowest BCUT2D eigenvalue weighted by molar-refractivity contribution is -0.147. The normalized spacial score (nSPS) is 14.5. The maximum absolute atomic E-state index is 13.3. The van der Waals surface area contributed by atoms with Gasteiger partial charge in [-0.05, 0) is 41.5 Å². The summed E-state index contributed by atoms with van der Waals surface area (Å²) in [4.78, 5) is 29.7. The molecule has 0 aliphatic carbocycles. The van der Waals surface area contributed by atoms with E-state index in [1.165, 1.54) is 7.11 Å². The Morgan fingerprint density at radius 2 is 1.86 bits per heavy atom. The van der Waals surface area contributed by atoms with Gasteiger partial charge in [0.2, 0.25) is 5.91 Å². The summed E-state index contributed by atoms with van der Waals surface area (Å²) >= 11 is 1.62. The Bertz CT molecular complexity index is 869. The van der Waals surface area contributed by atoms with Gasteiger partial charge in [-0.25, -0.2) is 4.79 Å². The lowest BCUT2D eigenvalue weighted by Gasteiger charge is -2.28. The molecule has 2 aromatic rings. The minimum absolute atomic E-state index is 0.0548. The quantitative estimate of drug-likeness (QED) is 0.340. The van der Waals surface area contributed by atoms with Crippen molar-refractivity contribution in [3.63, 3.8) is 0 Å². The molecule has 7 nitrogen and oxygen atoms in total. The van der Waals surface area contributed by atoms with Crippen LogP contribution < -0.4 is 10.6 Å². The van der Waals surface area contributed by atoms with Crippen molar-refractivity contribution in [2.24, 2.45) is 5.92 Å². The molecule has 1 amide bonds. The molecule has 0 bridgehead atoms. The van der Waals surface area contributed by atoms with Crippen LogP contribution >= 0.6 is 11.8 Å². The predicted octanol–water partition coefficient (Wildman–Crippen LogP) is 3.62. The van der Waals surface area contributed by atoms with Gasteiger partial charge in [-0.15, -0.1) is 0 Å². The fourth-order valence-corrected chi connectivity index (χ4v) is 4.10. The first-order valence-corrected chi connectivity index (χ1v) is 13.5. The summed E-state index contributed by atoms with van der Waals surface area (Å²) < 4.78 is 11.2. The first-order chi connectivity index (χ1) is 17.0. The van der Waals surface area contributed by atoms with E-state index in [1.54, 1.807) is 18.0 Å². The first-order valence-electron chi connectivity index (χ1n) is 12.1. The van der Waals surface area contributed by atoms with Gasteiger partial charge in [0.25, 0.3) is 0 Å². The Morgan fingerprint density at radius 3 is 2.49 bits per heavy atom. The van der Waals surface area contributed by atoms with E-state index in [1.807, 2.05) is 54.9 Å². The number of pyridine rings is 1. The number of esters is 1. The zero-order chi connectivity index (χ0) is 25.5. The number of carbonyl (C=O) groups excluding carboxylic acids is 2. The molecule has 8 heteroatoms. The Balaban J connectivity index is 2.11. The number of benzene rings is 1. The topological polar surface area (TPSA) is 89.5 Å². The molecule has 2 N–H and O–H groups in total. The monoisotopic (exact) mass is 501 g/mol. The third-order valence-electron chi connectivity index (χ3n) is 6.07. The number of methoxy groups -OCH3 is 1. The average Bonchev–Trinajstić information content (AvgIpc) is 2.90. The lowest BCUT2D eigenvalue weighted by Crippen LogP contribution is -2.49. The van der Waals surface area contributed by atoms with Gasteiger partial charge in [0.05, 0.1) is 13.7 Å². The zero-order valence-corrected chi connectivity index (χ0v) is 22.1. The van der Waals surface area contributed by atoms with Crippen molar-refractivity contribution in [2.45, 2.75) is 57.8 Å². The van der Waals surface area contributed by atoms with Crippen molar-refractivity contribution in [3.05, 3.63) is 66.0 Å².